The molecule has 4 rings (SSSR count). The maximum Gasteiger partial charge on any atom is 0.435 e. The highest BCUT2D eigenvalue weighted by Crippen LogP contribution is 2.34. The molecule has 0 spiro atoms. The van der Waals surface area contributed by atoms with E-state index in [4.69, 9.17) is 9.56 Å². The molecule has 3 heterocycles. The number of furan rings is 1. The third-order valence-corrected chi connectivity index (χ3v) is 5.09. The maximum atomic E-state index is 13.4. The van der Waals surface area contributed by atoms with Crippen molar-refractivity contribution in [3.05, 3.63) is 72.8 Å². The fourth-order valence-corrected chi connectivity index (χ4v) is 3.57. The standard InChI is InChI=1S/C19H13F3N4O3S/c20-19(21,22)17-11-15(12-5-7-13(8-6-12)16-4-2-10-29-16)26(25-17)14-3-1-9-24-18(14)30(23,27)28/h1-11H,(H2,23,27,28). The normalized spacial score (nSPS) is 12.3. The monoisotopic (exact) mass is 434 g/mol. The Balaban J connectivity index is 1.90. The van der Waals surface area contributed by atoms with Gasteiger partial charge in [-0.05, 0) is 30.3 Å². The van der Waals surface area contributed by atoms with Crippen molar-refractivity contribution < 1.29 is 26.0 Å². The summed E-state index contributed by atoms with van der Waals surface area (Å²) in [6.45, 7) is 0. The van der Waals surface area contributed by atoms with Crippen molar-refractivity contribution >= 4 is 10.0 Å². The van der Waals surface area contributed by atoms with Gasteiger partial charge in [-0.3, -0.25) is 0 Å². The van der Waals surface area contributed by atoms with Crippen LogP contribution in [0.25, 0.3) is 28.3 Å². The van der Waals surface area contributed by atoms with Gasteiger partial charge in [-0.25, -0.2) is 23.2 Å². The molecule has 0 aliphatic heterocycles. The molecule has 11 heteroatoms. The first-order valence-electron chi connectivity index (χ1n) is 8.44. The molecule has 0 radical (unpaired) electrons. The minimum absolute atomic E-state index is 0.0196. The number of hydrogen-bond acceptors (Lipinski definition) is 5. The molecule has 30 heavy (non-hydrogen) atoms. The Morgan fingerprint density at radius 2 is 1.70 bits per heavy atom. The topological polar surface area (TPSA) is 104 Å². The first-order chi connectivity index (χ1) is 14.1. The zero-order valence-electron chi connectivity index (χ0n) is 15.0. The summed E-state index contributed by atoms with van der Waals surface area (Å²) in [6.07, 6.45) is -2.06. The predicted octanol–water partition coefficient (Wildman–Crippen LogP) is 3.86. The molecule has 0 saturated heterocycles. The van der Waals surface area contributed by atoms with Crippen LogP contribution in [0.15, 0.2) is 76.5 Å². The van der Waals surface area contributed by atoms with Gasteiger partial charge in [0.25, 0.3) is 10.0 Å². The number of rotatable bonds is 4. The van der Waals surface area contributed by atoms with Gasteiger partial charge in [0, 0.05) is 17.3 Å². The second-order valence-electron chi connectivity index (χ2n) is 6.25. The van der Waals surface area contributed by atoms with Crippen molar-refractivity contribution in [3.8, 4) is 28.3 Å². The third-order valence-electron chi connectivity index (χ3n) is 4.23. The molecule has 0 aliphatic rings. The molecular formula is C19H13F3N4O3S. The number of primary sulfonamides is 1. The van der Waals surface area contributed by atoms with Crippen LogP contribution in [0.5, 0.6) is 0 Å². The van der Waals surface area contributed by atoms with E-state index >= 15 is 0 Å². The number of benzene rings is 1. The molecule has 0 bridgehead atoms. The van der Waals surface area contributed by atoms with E-state index in [1.165, 1.54) is 24.6 Å². The van der Waals surface area contributed by atoms with Crippen molar-refractivity contribution in [2.24, 2.45) is 5.14 Å². The second-order valence-corrected chi connectivity index (χ2v) is 7.73. The molecular weight excluding hydrogens is 421 g/mol. The van der Waals surface area contributed by atoms with Crippen molar-refractivity contribution in [2.45, 2.75) is 11.2 Å². The number of aromatic nitrogens is 3. The van der Waals surface area contributed by atoms with Crippen molar-refractivity contribution in [2.75, 3.05) is 0 Å². The molecule has 3 aromatic heterocycles. The van der Waals surface area contributed by atoms with Crippen LogP contribution >= 0.6 is 0 Å². The SMILES string of the molecule is NS(=O)(=O)c1ncccc1-n1nc(C(F)(F)F)cc1-c1ccc(-c2ccco2)cc1. The summed E-state index contributed by atoms with van der Waals surface area (Å²) < 4.78 is 70.0. The second kappa shape index (κ2) is 7.11. The number of nitrogens with two attached hydrogens (primary N) is 1. The zero-order valence-corrected chi connectivity index (χ0v) is 15.9. The van der Waals surface area contributed by atoms with Gasteiger partial charge < -0.3 is 4.42 Å². The van der Waals surface area contributed by atoms with Crippen LogP contribution < -0.4 is 5.14 Å². The fraction of sp³-hybridized carbons (Fsp3) is 0.0526. The number of halogens is 3. The quantitative estimate of drug-likeness (QED) is 0.525. The van der Waals surface area contributed by atoms with Crippen LogP contribution in [0.4, 0.5) is 13.2 Å². The highest BCUT2D eigenvalue weighted by molar-refractivity contribution is 7.89. The number of sulfonamides is 1. The highest BCUT2D eigenvalue weighted by Gasteiger charge is 2.36. The lowest BCUT2D eigenvalue weighted by Crippen LogP contribution is -2.18. The lowest BCUT2D eigenvalue weighted by atomic mass is 10.1. The average molecular weight is 434 g/mol. The summed E-state index contributed by atoms with van der Waals surface area (Å²) in [7, 11) is -4.31. The Kier molecular flexibility index (Phi) is 4.71. The van der Waals surface area contributed by atoms with Crippen LogP contribution in [-0.2, 0) is 16.2 Å². The molecule has 0 saturated carbocycles. The van der Waals surface area contributed by atoms with Crippen molar-refractivity contribution in [1.82, 2.24) is 14.8 Å². The fourth-order valence-electron chi connectivity index (χ4n) is 2.92. The summed E-state index contributed by atoms with van der Waals surface area (Å²) in [4.78, 5) is 3.71. The predicted molar refractivity (Wildman–Crippen MR) is 101 cm³/mol. The van der Waals surface area contributed by atoms with Gasteiger partial charge in [0.15, 0.2) is 10.7 Å². The van der Waals surface area contributed by atoms with E-state index in [2.05, 4.69) is 10.1 Å². The van der Waals surface area contributed by atoms with E-state index in [1.54, 1.807) is 36.4 Å². The van der Waals surface area contributed by atoms with E-state index in [-0.39, 0.29) is 11.4 Å². The summed E-state index contributed by atoms with van der Waals surface area (Å²) in [6, 6.07) is 13.5. The van der Waals surface area contributed by atoms with Gasteiger partial charge >= 0.3 is 6.18 Å². The number of pyridine rings is 1. The Morgan fingerprint density at radius 1 is 1.00 bits per heavy atom. The Labute approximate surface area is 168 Å². The summed E-state index contributed by atoms with van der Waals surface area (Å²) in [5, 5.41) is 8.19. The lowest BCUT2D eigenvalue weighted by Gasteiger charge is -2.11. The smallest absolute Gasteiger partial charge is 0.435 e. The summed E-state index contributed by atoms with van der Waals surface area (Å²) >= 11 is 0. The molecule has 1 aromatic carbocycles. The molecule has 2 N–H and O–H groups in total. The van der Waals surface area contributed by atoms with E-state index in [0.29, 0.717) is 11.3 Å². The summed E-state index contributed by atoms with van der Waals surface area (Å²) in [5.41, 5.74) is -0.265. The number of hydrogen-bond donors (Lipinski definition) is 1. The Hall–Kier alpha value is -3.44. The van der Waals surface area contributed by atoms with E-state index in [9.17, 15) is 21.6 Å². The third kappa shape index (κ3) is 3.72. The van der Waals surface area contributed by atoms with Crippen LogP contribution in [0.1, 0.15) is 5.69 Å². The first kappa shape index (κ1) is 19.9. The minimum Gasteiger partial charge on any atom is -0.464 e. The molecule has 0 amide bonds. The average Bonchev–Trinajstić information content (AvgIpc) is 3.37. The molecule has 0 fully saturated rings. The lowest BCUT2D eigenvalue weighted by molar-refractivity contribution is -0.141. The van der Waals surface area contributed by atoms with Gasteiger partial charge in [-0.1, -0.05) is 24.3 Å². The van der Waals surface area contributed by atoms with Crippen LogP contribution in [-0.4, -0.2) is 23.2 Å². The summed E-state index contributed by atoms with van der Waals surface area (Å²) in [5.74, 6) is 0.592. The molecule has 0 atom stereocenters. The largest absolute Gasteiger partial charge is 0.464 e. The first-order valence-corrected chi connectivity index (χ1v) is 9.99. The van der Waals surface area contributed by atoms with Crippen molar-refractivity contribution in [3.63, 3.8) is 0 Å². The Morgan fingerprint density at radius 3 is 2.30 bits per heavy atom. The van der Waals surface area contributed by atoms with E-state index in [0.717, 1.165) is 16.3 Å². The molecule has 0 aliphatic carbocycles. The molecule has 7 nitrogen and oxygen atoms in total. The van der Waals surface area contributed by atoms with Gasteiger partial charge in [0.2, 0.25) is 0 Å². The van der Waals surface area contributed by atoms with Crippen LogP contribution in [0.3, 0.4) is 0 Å². The van der Waals surface area contributed by atoms with Crippen molar-refractivity contribution in [1.29, 1.82) is 0 Å². The number of nitrogens with zero attached hydrogens (tertiary/aromatic N) is 3. The van der Waals surface area contributed by atoms with Gasteiger partial charge in [-0.15, -0.1) is 0 Å². The molecule has 154 valence electrons. The maximum absolute atomic E-state index is 13.4. The van der Waals surface area contributed by atoms with Gasteiger partial charge in [0.05, 0.1) is 12.0 Å². The zero-order chi connectivity index (χ0) is 21.5. The molecule has 4 aromatic rings. The molecule has 0 unspecified atom stereocenters. The van der Waals surface area contributed by atoms with Gasteiger partial charge in [0.1, 0.15) is 11.4 Å². The highest BCUT2D eigenvalue weighted by atomic mass is 32.2. The van der Waals surface area contributed by atoms with E-state index in [1.807, 2.05) is 0 Å². The van der Waals surface area contributed by atoms with Crippen LogP contribution in [0.2, 0.25) is 0 Å². The van der Waals surface area contributed by atoms with Gasteiger partial charge in [-0.2, -0.15) is 18.3 Å². The van der Waals surface area contributed by atoms with E-state index < -0.39 is 26.9 Å². The van der Waals surface area contributed by atoms with Crippen LogP contribution in [0, 0.1) is 0 Å². The number of alkyl halides is 3. The minimum atomic E-state index is -4.74. The Bertz CT molecular complexity index is 1300.